The largest absolute Gasteiger partial charge is 0.497 e. The molecule has 1 saturated carbocycles. The monoisotopic (exact) mass is 309 g/mol. The van der Waals surface area contributed by atoms with Gasteiger partial charge in [0.25, 0.3) is 0 Å². The van der Waals surface area contributed by atoms with Crippen LogP contribution in [0, 0.1) is 11.3 Å². The van der Waals surface area contributed by atoms with Crippen LogP contribution in [0.2, 0.25) is 5.02 Å². The quantitative estimate of drug-likeness (QED) is 0.805. The van der Waals surface area contributed by atoms with E-state index in [0.29, 0.717) is 17.4 Å². The summed E-state index contributed by atoms with van der Waals surface area (Å²) < 4.78 is 5.27. The summed E-state index contributed by atoms with van der Waals surface area (Å²) >= 11 is 6.53. The van der Waals surface area contributed by atoms with Gasteiger partial charge < -0.3 is 10.1 Å². The Morgan fingerprint density at radius 3 is 2.71 bits per heavy atom. The molecule has 0 bridgehead atoms. The van der Waals surface area contributed by atoms with Crippen LogP contribution in [0.3, 0.4) is 0 Å². The molecule has 0 amide bonds. The molecular weight excluding hydrogens is 282 g/mol. The normalized spacial score (nSPS) is 22.8. The number of benzene rings is 1. The zero-order chi connectivity index (χ0) is 15.5. The van der Waals surface area contributed by atoms with Crippen LogP contribution >= 0.6 is 11.6 Å². The molecule has 3 heteroatoms. The molecule has 2 unspecified atom stereocenters. The molecule has 0 aliphatic heterocycles. The van der Waals surface area contributed by atoms with Gasteiger partial charge in [0.1, 0.15) is 5.75 Å². The summed E-state index contributed by atoms with van der Waals surface area (Å²) in [5, 5.41) is 4.48. The van der Waals surface area contributed by atoms with Gasteiger partial charge in [-0.3, -0.25) is 0 Å². The molecule has 1 aliphatic rings. The third-order valence-electron chi connectivity index (χ3n) is 4.96. The SMILES string of the molecule is CCNC(c1ccc(OC)cc1Cl)C1CCCCC1(C)C. The van der Waals surface area contributed by atoms with Crippen molar-refractivity contribution in [1.82, 2.24) is 5.32 Å². The lowest BCUT2D eigenvalue weighted by molar-refractivity contribution is 0.0988. The van der Waals surface area contributed by atoms with Gasteiger partial charge in [0.15, 0.2) is 0 Å². The summed E-state index contributed by atoms with van der Waals surface area (Å²) in [7, 11) is 1.68. The van der Waals surface area contributed by atoms with E-state index in [1.54, 1.807) is 7.11 Å². The van der Waals surface area contributed by atoms with E-state index in [1.165, 1.54) is 31.2 Å². The van der Waals surface area contributed by atoms with E-state index in [0.717, 1.165) is 17.3 Å². The fourth-order valence-electron chi connectivity index (χ4n) is 3.71. The minimum Gasteiger partial charge on any atom is -0.497 e. The van der Waals surface area contributed by atoms with Gasteiger partial charge in [-0.1, -0.05) is 51.3 Å². The molecule has 21 heavy (non-hydrogen) atoms. The molecule has 2 rings (SSSR count). The van der Waals surface area contributed by atoms with Gasteiger partial charge in [-0.05, 0) is 48.4 Å². The number of hydrogen-bond acceptors (Lipinski definition) is 2. The fraction of sp³-hybridized carbons (Fsp3) is 0.667. The van der Waals surface area contributed by atoms with Crippen molar-refractivity contribution < 1.29 is 4.74 Å². The van der Waals surface area contributed by atoms with Crippen LogP contribution in [0.1, 0.15) is 58.1 Å². The molecule has 0 radical (unpaired) electrons. The maximum Gasteiger partial charge on any atom is 0.120 e. The van der Waals surface area contributed by atoms with Crippen molar-refractivity contribution in [2.24, 2.45) is 11.3 Å². The van der Waals surface area contributed by atoms with Crippen molar-refractivity contribution >= 4 is 11.6 Å². The average molecular weight is 310 g/mol. The molecule has 1 N–H and O–H groups in total. The summed E-state index contributed by atoms with van der Waals surface area (Å²) in [6.07, 6.45) is 5.24. The van der Waals surface area contributed by atoms with E-state index in [-0.39, 0.29) is 0 Å². The van der Waals surface area contributed by atoms with E-state index >= 15 is 0 Å². The Labute approximate surface area is 134 Å². The van der Waals surface area contributed by atoms with Crippen molar-refractivity contribution in [2.45, 2.75) is 52.5 Å². The Kier molecular flexibility index (Phi) is 5.56. The Bertz CT molecular complexity index is 472. The minimum absolute atomic E-state index is 0.323. The van der Waals surface area contributed by atoms with Gasteiger partial charge in [0, 0.05) is 11.1 Å². The molecule has 1 aromatic carbocycles. The van der Waals surface area contributed by atoms with E-state index in [2.05, 4.69) is 32.2 Å². The van der Waals surface area contributed by atoms with E-state index in [9.17, 15) is 0 Å². The van der Waals surface area contributed by atoms with Gasteiger partial charge >= 0.3 is 0 Å². The van der Waals surface area contributed by atoms with E-state index < -0.39 is 0 Å². The third kappa shape index (κ3) is 3.73. The molecule has 1 fully saturated rings. The number of rotatable bonds is 5. The van der Waals surface area contributed by atoms with Crippen LogP contribution in [-0.2, 0) is 0 Å². The van der Waals surface area contributed by atoms with Crippen LogP contribution in [0.15, 0.2) is 18.2 Å². The lowest BCUT2D eigenvalue weighted by Crippen LogP contribution is -2.39. The third-order valence-corrected chi connectivity index (χ3v) is 5.29. The lowest BCUT2D eigenvalue weighted by Gasteiger charge is -2.44. The van der Waals surface area contributed by atoms with Gasteiger partial charge in [-0.2, -0.15) is 0 Å². The zero-order valence-corrected chi connectivity index (χ0v) is 14.5. The summed E-state index contributed by atoms with van der Waals surface area (Å²) in [6, 6.07) is 6.39. The standard InChI is InChI=1S/C18H28ClNO/c1-5-20-17(15-8-6-7-11-18(15,2)3)14-10-9-13(21-4)12-16(14)19/h9-10,12,15,17,20H,5-8,11H2,1-4H3. The first-order valence-corrected chi connectivity index (χ1v) is 8.44. The predicted octanol–water partition coefficient (Wildman–Crippen LogP) is 5.22. The summed E-state index contributed by atoms with van der Waals surface area (Å²) in [4.78, 5) is 0. The average Bonchev–Trinajstić information content (AvgIpc) is 2.45. The zero-order valence-electron chi connectivity index (χ0n) is 13.7. The highest BCUT2D eigenvalue weighted by Crippen LogP contribution is 2.48. The Morgan fingerprint density at radius 1 is 1.38 bits per heavy atom. The lowest BCUT2D eigenvalue weighted by atomic mass is 9.65. The first-order chi connectivity index (χ1) is 9.99. The number of ether oxygens (including phenoxy) is 1. The first kappa shape index (κ1) is 16.6. The van der Waals surface area contributed by atoms with Crippen molar-refractivity contribution in [1.29, 1.82) is 0 Å². The highest BCUT2D eigenvalue weighted by molar-refractivity contribution is 6.31. The molecule has 1 aliphatic carbocycles. The Hall–Kier alpha value is -0.730. The second-order valence-electron chi connectivity index (χ2n) is 6.76. The molecule has 2 atom stereocenters. The van der Waals surface area contributed by atoms with Crippen LogP contribution in [0.4, 0.5) is 0 Å². The van der Waals surface area contributed by atoms with Crippen molar-refractivity contribution in [3.8, 4) is 5.75 Å². The fourth-order valence-corrected chi connectivity index (χ4v) is 4.00. The topological polar surface area (TPSA) is 21.3 Å². The number of methoxy groups -OCH3 is 1. The highest BCUT2D eigenvalue weighted by Gasteiger charge is 2.38. The molecule has 0 saturated heterocycles. The second kappa shape index (κ2) is 7.02. The van der Waals surface area contributed by atoms with Crippen LogP contribution in [0.25, 0.3) is 0 Å². The Balaban J connectivity index is 2.34. The first-order valence-electron chi connectivity index (χ1n) is 8.06. The molecule has 0 spiro atoms. The molecule has 0 aromatic heterocycles. The van der Waals surface area contributed by atoms with Crippen LogP contribution < -0.4 is 10.1 Å². The number of nitrogens with one attached hydrogen (secondary N) is 1. The molecule has 1 aromatic rings. The Morgan fingerprint density at radius 2 is 2.14 bits per heavy atom. The van der Waals surface area contributed by atoms with Gasteiger partial charge in [-0.25, -0.2) is 0 Å². The van der Waals surface area contributed by atoms with Gasteiger partial charge in [0.05, 0.1) is 7.11 Å². The molecule has 2 nitrogen and oxygen atoms in total. The van der Waals surface area contributed by atoms with E-state index in [1.807, 2.05) is 12.1 Å². The number of hydrogen-bond donors (Lipinski definition) is 1. The summed E-state index contributed by atoms with van der Waals surface area (Å²) in [5.74, 6) is 1.44. The maximum absolute atomic E-state index is 6.53. The summed E-state index contributed by atoms with van der Waals surface area (Å²) in [6.45, 7) is 7.93. The van der Waals surface area contributed by atoms with Crippen molar-refractivity contribution in [2.75, 3.05) is 13.7 Å². The summed E-state index contributed by atoms with van der Waals surface area (Å²) in [5.41, 5.74) is 1.56. The minimum atomic E-state index is 0.323. The van der Waals surface area contributed by atoms with Crippen molar-refractivity contribution in [3.05, 3.63) is 28.8 Å². The molecule has 0 heterocycles. The van der Waals surface area contributed by atoms with Crippen molar-refractivity contribution in [3.63, 3.8) is 0 Å². The molecule has 118 valence electrons. The maximum atomic E-state index is 6.53. The molecular formula is C18H28ClNO. The van der Waals surface area contributed by atoms with Crippen LogP contribution in [0.5, 0.6) is 5.75 Å². The number of halogens is 1. The van der Waals surface area contributed by atoms with Crippen LogP contribution in [-0.4, -0.2) is 13.7 Å². The smallest absolute Gasteiger partial charge is 0.120 e. The van der Waals surface area contributed by atoms with E-state index in [4.69, 9.17) is 16.3 Å². The predicted molar refractivity (Wildman–Crippen MR) is 90.2 cm³/mol. The van der Waals surface area contributed by atoms with Gasteiger partial charge in [-0.15, -0.1) is 0 Å². The highest BCUT2D eigenvalue weighted by atomic mass is 35.5. The second-order valence-corrected chi connectivity index (χ2v) is 7.17. The van der Waals surface area contributed by atoms with Gasteiger partial charge in [0.2, 0.25) is 0 Å².